The summed E-state index contributed by atoms with van der Waals surface area (Å²) in [7, 11) is 0. The highest BCUT2D eigenvalue weighted by Crippen LogP contribution is 2.25. The molecule has 1 aliphatic rings. The maximum Gasteiger partial charge on any atom is 0.227 e. The minimum Gasteiger partial charge on any atom is -0.468 e. The van der Waals surface area contributed by atoms with Crippen molar-refractivity contribution in [3.05, 3.63) is 59.9 Å². The number of carbonyl (C=O) groups is 1. The third-order valence-corrected chi connectivity index (χ3v) is 5.82. The molecule has 1 saturated heterocycles. The van der Waals surface area contributed by atoms with Gasteiger partial charge >= 0.3 is 0 Å². The van der Waals surface area contributed by atoms with Gasteiger partial charge < -0.3 is 14.3 Å². The maximum atomic E-state index is 12.4. The predicted molar refractivity (Wildman–Crippen MR) is 117 cm³/mol. The molecule has 1 amide bonds. The number of carbonyl (C=O) groups excluding carboxylic acids is 1. The van der Waals surface area contributed by atoms with Gasteiger partial charge in [-0.15, -0.1) is 0 Å². The summed E-state index contributed by atoms with van der Waals surface area (Å²) >= 11 is 0. The van der Waals surface area contributed by atoms with Crippen LogP contribution in [0.4, 0.5) is 0 Å². The number of furan rings is 1. The van der Waals surface area contributed by atoms with Gasteiger partial charge in [-0.2, -0.15) is 4.98 Å². The maximum absolute atomic E-state index is 12.4. The summed E-state index contributed by atoms with van der Waals surface area (Å²) in [6.45, 7) is 6.92. The van der Waals surface area contributed by atoms with Crippen molar-refractivity contribution in [1.29, 1.82) is 0 Å². The van der Waals surface area contributed by atoms with Crippen LogP contribution < -0.4 is 5.32 Å². The Morgan fingerprint density at radius 3 is 2.61 bits per heavy atom. The number of aryl methyl sites for hydroxylation is 1. The molecule has 0 saturated carbocycles. The van der Waals surface area contributed by atoms with Crippen molar-refractivity contribution < 1.29 is 13.7 Å². The van der Waals surface area contributed by atoms with Crippen LogP contribution in [0.1, 0.15) is 62.3 Å². The summed E-state index contributed by atoms with van der Waals surface area (Å²) in [5.74, 6) is 2.37. The second-order valence-electron chi connectivity index (χ2n) is 8.37. The van der Waals surface area contributed by atoms with E-state index in [0.717, 1.165) is 24.4 Å². The molecular formula is C24H30N4O3. The lowest BCUT2D eigenvalue weighted by Crippen LogP contribution is -2.36. The smallest absolute Gasteiger partial charge is 0.227 e. The quantitative estimate of drug-likeness (QED) is 0.552. The van der Waals surface area contributed by atoms with Crippen LogP contribution in [-0.2, 0) is 11.2 Å². The largest absolute Gasteiger partial charge is 0.468 e. The third kappa shape index (κ3) is 5.41. The first-order chi connectivity index (χ1) is 15.1. The zero-order valence-electron chi connectivity index (χ0n) is 18.2. The molecule has 164 valence electrons. The topological polar surface area (TPSA) is 84.4 Å². The fraction of sp³-hybridized carbons (Fsp3) is 0.458. The van der Waals surface area contributed by atoms with E-state index in [-0.39, 0.29) is 11.9 Å². The molecule has 7 heteroatoms. The van der Waals surface area contributed by atoms with E-state index in [9.17, 15) is 4.79 Å². The molecule has 1 aromatic carbocycles. The van der Waals surface area contributed by atoms with Crippen LogP contribution in [0.5, 0.6) is 0 Å². The van der Waals surface area contributed by atoms with E-state index >= 15 is 0 Å². The van der Waals surface area contributed by atoms with Gasteiger partial charge in [0.05, 0.1) is 12.3 Å². The molecule has 3 aromatic rings. The van der Waals surface area contributed by atoms with E-state index in [4.69, 9.17) is 8.94 Å². The average Bonchev–Trinajstić information content (AvgIpc) is 3.56. The highest BCUT2D eigenvalue weighted by molar-refractivity contribution is 5.76. The Kier molecular flexibility index (Phi) is 6.82. The summed E-state index contributed by atoms with van der Waals surface area (Å²) in [5.41, 5.74) is 2.18. The van der Waals surface area contributed by atoms with Gasteiger partial charge in [0.1, 0.15) is 5.76 Å². The number of rotatable bonds is 9. The van der Waals surface area contributed by atoms with Gasteiger partial charge in [-0.3, -0.25) is 9.69 Å². The molecule has 2 aromatic heterocycles. The molecule has 0 bridgehead atoms. The lowest BCUT2D eigenvalue weighted by molar-refractivity contribution is -0.121. The number of hydrogen-bond acceptors (Lipinski definition) is 6. The van der Waals surface area contributed by atoms with Crippen LogP contribution >= 0.6 is 0 Å². The van der Waals surface area contributed by atoms with Gasteiger partial charge in [-0.25, -0.2) is 0 Å². The molecule has 1 N–H and O–H groups in total. The molecule has 0 aliphatic carbocycles. The molecular weight excluding hydrogens is 392 g/mol. The van der Waals surface area contributed by atoms with Gasteiger partial charge in [-0.05, 0) is 49.5 Å². The first-order valence-corrected chi connectivity index (χ1v) is 11.1. The van der Waals surface area contributed by atoms with Crippen LogP contribution in [0.15, 0.2) is 51.6 Å². The standard InChI is InChI=1S/C24H30N4O3/c1-17(2)18-7-9-19(10-8-18)24-26-23(31-27-24)12-11-22(29)25-16-20(21-6-5-15-30-21)28-13-3-4-14-28/h5-10,15,17,20H,3-4,11-14,16H2,1-2H3,(H,25,29). The first-order valence-electron chi connectivity index (χ1n) is 11.1. The minimum absolute atomic E-state index is 0.0308. The predicted octanol–water partition coefficient (Wildman–Crippen LogP) is 4.34. The molecule has 3 heterocycles. The molecule has 4 rings (SSSR count). The molecule has 1 atom stereocenters. The molecule has 31 heavy (non-hydrogen) atoms. The van der Waals surface area contributed by atoms with Crippen LogP contribution in [0, 0.1) is 0 Å². The lowest BCUT2D eigenvalue weighted by Gasteiger charge is -2.25. The van der Waals surface area contributed by atoms with E-state index in [1.54, 1.807) is 6.26 Å². The van der Waals surface area contributed by atoms with Crippen molar-refractivity contribution in [1.82, 2.24) is 20.4 Å². The number of nitrogens with zero attached hydrogens (tertiary/aromatic N) is 3. The number of aromatic nitrogens is 2. The zero-order valence-corrected chi connectivity index (χ0v) is 18.2. The van der Waals surface area contributed by atoms with Gasteiger partial charge in [-0.1, -0.05) is 43.3 Å². The Labute approximate surface area is 182 Å². The van der Waals surface area contributed by atoms with Crippen molar-refractivity contribution in [2.75, 3.05) is 19.6 Å². The van der Waals surface area contributed by atoms with E-state index in [1.807, 2.05) is 24.3 Å². The fourth-order valence-electron chi connectivity index (χ4n) is 3.95. The number of likely N-dealkylation sites (tertiary alicyclic amines) is 1. The summed E-state index contributed by atoms with van der Waals surface area (Å²) in [4.78, 5) is 19.2. The van der Waals surface area contributed by atoms with Crippen LogP contribution in [0.25, 0.3) is 11.4 Å². The highest BCUT2D eigenvalue weighted by Gasteiger charge is 2.26. The van der Waals surface area contributed by atoms with Crippen LogP contribution in [-0.4, -0.2) is 40.6 Å². The lowest BCUT2D eigenvalue weighted by atomic mass is 10.0. The second kappa shape index (κ2) is 9.92. The number of amides is 1. The van der Waals surface area contributed by atoms with Gasteiger partial charge in [0.15, 0.2) is 0 Å². The van der Waals surface area contributed by atoms with Gasteiger partial charge in [0, 0.05) is 24.9 Å². The van der Waals surface area contributed by atoms with Crippen molar-refractivity contribution in [2.45, 2.75) is 51.5 Å². The second-order valence-corrected chi connectivity index (χ2v) is 8.37. The van der Waals surface area contributed by atoms with Crippen molar-refractivity contribution in [3.63, 3.8) is 0 Å². The Hall–Kier alpha value is -2.93. The average molecular weight is 423 g/mol. The SMILES string of the molecule is CC(C)c1ccc(-c2noc(CCC(=O)NCC(c3ccco3)N3CCCC3)n2)cc1. The monoisotopic (exact) mass is 422 g/mol. The Balaban J connectivity index is 1.29. The van der Waals surface area contributed by atoms with Crippen molar-refractivity contribution in [2.24, 2.45) is 0 Å². The number of benzene rings is 1. The molecule has 1 unspecified atom stereocenters. The zero-order chi connectivity index (χ0) is 21.6. The van der Waals surface area contributed by atoms with E-state index in [1.165, 1.54) is 18.4 Å². The van der Waals surface area contributed by atoms with E-state index in [2.05, 4.69) is 46.3 Å². The van der Waals surface area contributed by atoms with Crippen molar-refractivity contribution >= 4 is 5.91 Å². The van der Waals surface area contributed by atoms with Gasteiger partial charge in [0.2, 0.25) is 17.6 Å². The molecule has 7 nitrogen and oxygen atoms in total. The molecule has 0 spiro atoms. The summed E-state index contributed by atoms with van der Waals surface area (Å²) in [5, 5.41) is 7.11. The molecule has 1 fully saturated rings. The molecule has 1 aliphatic heterocycles. The van der Waals surface area contributed by atoms with E-state index in [0.29, 0.717) is 37.0 Å². The highest BCUT2D eigenvalue weighted by atomic mass is 16.5. The minimum atomic E-state index is -0.0308. The third-order valence-electron chi connectivity index (χ3n) is 5.82. The van der Waals surface area contributed by atoms with Gasteiger partial charge in [0.25, 0.3) is 0 Å². The summed E-state index contributed by atoms with van der Waals surface area (Å²) in [6.07, 6.45) is 4.77. The van der Waals surface area contributed by atoms with Crippen LogP contribution in [0.2, 0.25) is 0 Å². The van der Waals surface area contributed by atoms with E-state index < -0.39 is 0 Å². The molecule has 0 radical (unpaired) electrons. The fourth-order valence-corrected chi connectivity index (χ4v) is 3.95. The number of nitrogens with one attached hydrogen (secondary N) is 1. The van der Waals surface area contributed by atoms with Crippen LogP contribution in [0.3, 0.4) is 0 Å². The van der Waals surface area contributed by atoms with Crippen molar-refractivity contribution in [3.8, 4) is 11.4 Å². The first kappa shape index (κ1) is 21.3. The summed E-state index contributed by atoms with van der Waals surface area (Å²) < 4.78 is 11.0. The Morgan fingerprint density at radius 2 is 1.94 bits per heavy atom. The Morgan fingerprint density at radius 1 is 1.16 bits per heavy atom. The Bertz CT molecular complexity index is 957. The normalized spacial score (nSPS) is 15.5. The number of hydrogen-bond donors (Lipinski definition) is 1. The summed E-state index contributed by atoms with van der Waals surface area (Å²) in [6, 6.07) is 12.1.